The number of carbonyl (C=O) groups is 2. The molecule has 0 saturated heterocycles. The van der Waals surface area contributed by atoms with Gasteiger partial charge in [0.15, 0.2) is 17.4 Å². The molecule has 2 rings (SSSR count). The van der Waals surface area contributed by atoms with Gasteiger partial charge in [0, 0.05) is 18.4 Å². The maximum absolute atomic E-state index is 13.2. The average molecular weight is 345 g/mol. The van der Waals surface area contributed by atoms with Gasteiger partial charge in [0.1, 0.15) is 0 Å². The Kier molecular flexibility index (Phi) is 6.39. The van der Waals surface area contributed by atoms with E-state index in [0.717, 1.165) is 24.1 Å². The number of ketones is 1. The Morgan fingerprint density at radius 1 is 1.00 bits per heavy atom. The van der Waals surface area contributed by atoms with Gasteiger partial charge in [-0.25, -0.2) is 8.78 Å². The highest BCUT2D eigenvalue weighted by molar-refractivity contribution is 5.98. The van der Waals surface area contributed by atoms with Crippen LogP contribution in [-0.4, -0.2) is 11.7 Å². The normalized spacial score (nSPS) is 11.8. The molecule has 0 heterocycles. The molecule has 3 nitrogen and oxygen atoms in total. The minimum absolute atomic E-state index is 0.0440. The van der Waals surface area contributed by atoms with Crippen LogP contribution in [0.4, 0.5) is 8.78 Å². The molecule has 1 amide bonds. The van der Waals surface area contributed by atoms with Crippen LogP contribution >= 0.6 is 0 Å². The molecule has 132 valence electrons. The minimum Gasteiger partial charge on any atom is -0.350 e. The minimum atomic E-state index is -0.954. The second kappa shape index (κ2) is 8.51. The predicted octanol–water partition coefficient (Wildman–Crippen LogP) is 4.37. The highest BCUT2D eigenvalue weighted by Crippen LogP contribution is 2.16. The number of halogens is 2. The molecule has 1 unspecified atom stereocenters. The molecule has 0 aliphatic carbocycles. The Balaban J connectivity index is 1.86. The summed E-state index contributed by atoms with van der Waals surface area (Å²) in [5.41, 5.74) is 2.20. The van der Waals surface area contributed by atoms with Crippen LogP contribution < -0.4 is 5.32 Å². The van der Waals surface area contributed by atoms with Crippen molar-refractivity contribution in [3.8, 4) is 0 Å². The van der Waals surface area contributed by atoms with Gasteiger partial charge >= 0.3 is 0 Å². The van der Waals surface area contributed by atoms with E-state index in [1.54, 1.807) is 19.1 Å². The van der Waals surface area contributed by atoms with Crippen molar-refractivity contribution in [3.05, 3.63) is 70.8 Å². The fourth-order valence-corrected chi connectivity index (χ4v) is 2.48. The Labute approximate surface area is 146 Å². The van der Waals surface area contributed by atoms with Crippen molar-refractivity contribution >= 4 is 11.7 Å². The van der Waals surface area contributed by atoms with Crippen molar-refractivity contribution < 1.29 is 18.4 Å². The van der Waals surface area contributed by atoms with Crippen molar-refractivity contribution in [2.75, 3.05) is 0 Å². The second-order valence-corrected chi connectivity index (χ2v) is 5.94. The van der Waals surface area contributed by atoms with Gasteiger partial charge in [0.25, 0.3) is 0 Å². The van der Waals surface area contributed by atoms with E-state index in [2.05, 4.69) is 5.32 Å². The van der Waals surface area contributed by atoms with Crippen molar-refractivity contribution in [1.82, 2.24) is 5.32 Å². The summed E-state index contributed by atoms with van der Waals surface area (Å²) in [6, 6.07) is 10.4. The third-order valence-electron chi connectivity index (χ3n) is 4.08. The average Bonchev–Trinajstić information content (AvgIpc) is 2.62. The molecule has 25 heavy (non-hydrogen) atoms. The largest absolute Gasteiger partial charge is 0.350 e. The Hall–Kier alpha value is -2.56. The molecule has 1 atom stereocenters. The zero-order valence-electron chi connectivity index (χ0n) is 14.3. The number of hydrogen-bond acceptors (Lipinski definition) is 2. The quantitative estimate of drug-likeness (QED) is 0.758. The number of benzene rings is 2. The third-order valence-corrected chi connectivity index (χ3v) is 4.08. The summed E-state index contributed by atoms with van der Waals surface area (Å²) < 4.78 is 26.2. The lowest BCUT2D eigenvalue weighted by atomic mass is 10.0. The molecule has 1 N–H and O–H groups in total. The van der Waals surface area contributed by atoms with E-state index in [-0.39, 0.29) is 24.5 Å². The van der Waals surface area contributed by atoms with Crippen molar-refractivity contribution in [3.63, 3.8) is 0 Å². The van der Waals surface area contributed by atoms with Crippen LogP contribution in [0, 0.1) is 11.6 Å². The van der Waals surface area contributed by atoms with Crippen LogP contribution in [0.5, 0.6) is 0 Å². The highest BCUT2D eigenvalue weighted by atomic mass is 19.2. The Morgan fingerprint density at radius 3 is 2.28 bits per heavy atom. The standard InChI is InChI=1S/C20H21F2NO2/c1-3-14-4-6-15(7-5-14)19(24)10-11-20(25)23-13(2)16-8-9-17(21)18(22)12-16/h4-9,12-13H,3,10-11H2,1-2H3,(H,23,25). The SMILES string of the molecule is CCc1ccc(C(=O)CCC(=O)NC(C)c2ccc(F)c(F)c2)cc1. The van der Waals surface area contributed by atoms with Crippen LogP contribution in [0.3, 0.4) is 0 Å². The maximum atomic E-state index is 13.2. The fraction of sp³-hybridized carbons (Fsp3) is 0.300. The number of amides is 1. The lowest BCUT2D eigenvalue weighted by Crippen LogP contribution is -2.27. The molecule has 0 aliphatic heterocycles. The van der Waals surface area contributed by atoms with E-state index in [4.69, 9.17) is 0 Å². The summed E-state index contributed by atoms with van der Waals surface area (Å²) in [7, 11) is 0. The third kappa shape index (κ3) is 5.21. The molecule has 0 aliphatic rings. The monoisotopic (exact) mass is 345 g/mol. The summed E-state index contributed by atoms with van der Waals surface area (Å²) in [5.74, 6) is -2.29. The van der Waals surface area contributed by atoms with Crippen LogP contribution in [0.15, 0.2) is 42.5 Å². The molecule has 0 radical (unpaired) electrons. The molecule has 0 saturated carbocycles. The molecule has 0 fully saturated rings. The van der Waals surface area contributed by atoms with E-state index < -0.39 is 17.7 Å². The number of carbonyl (C=O) groups excluding carboxylic acids is 2. The van der Waals surface area contributed by atoms with Gasteiger partial charge in [-0.3, -0.25) is 9.59 Å². The van der Waals surface area contributed by atoms with E-state index in [1.165, 1.54) is 6.07 Å². The Morgan fingerprint density at radius 2 is 1.68 bits per heavy atom. The molecule has 5 heteroatoms. The zero-order valence-corrected chi connectivity index (χ0v) is 14.3. The van der Waals surface area contributed by atoms with E-state index in [0.29, 0.717) is 11.1 Å². The van der Waals surface area contributed by atoms with Crippen LogP contribution in [0.25, 0.3) is 0 Å². The number of hydrogen-bond donors (Lipinski definition) is 1. The van der Waals surface area contributed by atoms with E-state index in [9.17, 15) is 18.4 Å². The smallest absolute Gasteiger partial charge is 0.220 e. The first kappa shape index (κ1) is 18.8. The van der Waals surface area contributed by atoms with Gasteiger partial charge < -0.3 is 5.32 Å². The number of aryl methyl sites for hydroxylation is 1. The predicted molar refractivity (Wildman–Crippen MR) is 92.3 cm³/mol. The van der Waals surface area contributed by atoms with Gasteiger partial charge in [0.05, 0.1) is 6.04 Å². The van der Waals surface area contributed by atoms with Gasteiger partial charge in [0.2, 0.25) is 5.91 Å². The number of Topliss-reactive ketones (excluding diaryl/α,β-unsaturated/α-hetero) is 1. The second-order valence-electron chi connectivity index (χ2n) is 5.94. The van der Waals surface area contributed by atoms with Crippen molar-refractivity contribution in [1.29, 1.82) is 0 Å². The number of nitrogens with one attached hydrogen (secondary N) is 1. The fourth-order valence-electron chi connectivity index (χ4n) is 2.48. The van der Waals surface area contributed by atoms with Crippen molar-refractivity contribution in [2.24, 2.45) is 0 Å². The van der Waals surface area contributed by atoms with Crippen LogP contribution in [0.1, 0.15) is 54.2 Å². The van der Waals surface area contributed by atoms with Crippen molar-refractivity contribution in [2.45, 2.75) is 39.2 Å². The summed E-state index contributed by atoms with van der Waals surface area (Å²) in [6.07, 6.45) is 1.04. The van der Waals surface area contributed by atoms with E-state index in [1.807, 2.05) is 19.1 Å². The molecule has 0 bridgehead atoms. The van der Waals surface area contributed by atoms with Crippen LogP contribution in [-0.2, 0) is 11.2 Å². The van der Waals surface area contributed by atoms with Gasteiger partial charge in [-0.2, -0.15) is 0 Å². The molecular formula is C20H21F2NO2. The molecule has 0 aromatic heterocycles. The summed E-state index contributed by atoms with van der Waals surface area (Å²) in [6.45, 7) is 3.71. The van der Waals surface area contributed by atoms with Gasteiger partial charge in [-0.15, -0.1) is 0 Å². The van der Waals surface area contributed by atoms with Gasteiger partial charge in [-0.05, 0) is 36.6 Å². The first-order valence-corrected chi connectivity index (χ1v) is 8.27. The van der Waals surface area contributed by atoms with Crippen LogP contribution in [0.2, 0.25) is 0 Å². The summed E-state index contributed by atoms with van der Waals surface area (Å²) >= 11 is 0. The summed E-state index contributed by atoms with van der Waals surface area (Å²) in [5, 5.41) is 2.69. The Bertz CT molecular complexity index is 757. The first-order valence-electron chi connectivity index (χ1n) is 8.27. The first-order chi connectivity index (χ1) is 11.9. The molecular weight excluding hydrogens is 324 g/mol. The summed E-state index contributed by atoms with van der Waals surface area (Å²) in [4.78, 5) is 24.1. The highest BCUT2D eigenvalue weighted by Gasteiger charge is 2.14. The lowest BCUT2D eigenvalue weighted by Gasteiger charge is -2.14. The molecule has 2 aromatic carbocycles. The lowest BCUT2D eigenvalue weighted by molar-refractivity contribution is -0.121. The maximum Gasteiger partial charge on any atom is 0.220 e. The zero-order chi connectivity index (χ0) is 18.4. The molecule has 2 aromatic rings. The van der Waals surface area contributed by atoms with E-state index >= 15 is 0 Å². The topological polar surface area (TPSA) is 46.2 Å². The van der Waals surface area contributed by atoms with Gasteiger partial charge in [-0.1, -0.05) is 37.3 Å². The number of rotatable bonds is 7. The molecule has 0 spiro atoms.